The van der Waals surface area contributed by atoms with Crippen molar-refractivity contribution in [3.63, 3.8) is 0 Å². The summed E-state index contributed by atoms with van der Waals surface area (Å²) in [5.74, 6) is 0. The van der Waals surface area contributed by atoms with E-state index >= 15 is 0 Å². The molecule has 6 heteroatoms. The summed E-state index contributed by atoms with van der Waals surface area (Å²) in [6, 6.07) is 4.40. The number of ether oxygens (including phenoxy) is 1. The Morgan fingerprint density at radius 3 is 2.65 bits per heavy atom. The molecule has 1 aliphatic rings. The zero-order chi connectivity index (χ0) is 12.3. The maximum Gasteiger partial charge on any atom is 0.411 e. The van der Waals surface area contributed by atoms with E-state index in [4.69, 9.17) is 0 Å². The van der Waals surface area contributed by atoms with Gasteiger partial charge >= 0.3 is 6.18 Å². The lowest BCUT2D eigenvalue weighted by atomic mass is 10.4. The van der Waals surface area contributed by atoms with Crippen LogP contribution in [0.2, 0.25) is 0 Å². The van der Waals surface area contributed by atoms with Crippen molar-refractivity contribution in [2.45, 2.75) is 38.2 Å². The van der Waals surface area contributed by atoms with Crippen LogP contribution in [0.15, 0.2) is 12.1 Å². The summed E-state index contributed by atoms with van der Waals surface area (Å²) in [6.45, 7) is -0.344. The molecule has 1 saturated carbocycles. The number of alkyl halides is 3. The van der Waals surface area contributed by atoms with Gasteiger partial charge in [0.05, 0.1) is 6.61 Å². The molecule has 1 aromatic heterocycles. The minimum atomic E-state index is -4.24. The van der Waals surface area contributed by atoms with E-state index in [1.807, 2.05) is 12.1 Å². The normalized spacial score (nSPS) is 16.4. The number of thiophene rings is 1. The molecule has 0 aliphatic heterocycles. The van der Waals surface area contributed by atoms with Crippen LogP contribution in [0.5, 0.6) is 0 Å². The minimum Gasteiger partial charge on any atom is -0.367 e. The molecular formula is C11H14F3NOS. The van der Waals surface area contributed by atoms with Gasteiger partial charge in [0.1, 0.15) is 6.61 Å². The third-order valence-corrected chi connectivity index (χ3v) is 3.43. The topological polar surface area (TPSA) is 21.3 Å². The Labute approximate surface area is 102 Å². The second-order valence-corrected chi connectivity index (χ2v) is 5.38. The summed E-state index contributed by atoms with van der Waals surface area (Å²) in [6.07, 6.45) is -1.78. The number of rotatable bonds is 6. The molecule has 0 atom stereocenters. The molecule has 0 unspecified atom stereocenters. The van der Waals surface area contributed by atoms with Gasteiger partial charge in [-0.05, 0) is 25.0 Å². The van der Waals surface area contributed by atoms with Gasteiger partial charge in [-0.1, -0.05) is 0 Å². The second kappa shape index (κ2) is 5.37. The van der Waals surface area contributed by atoms with E-state index in [0.29, 0.717) is 6.04 Å². The fraction of sp³-hybridized carbons (Fsp3) is 0.636. The maximum absolute atomic E-state index is 11.8. The molecular weight excluding hydrogens is 251 g/mol. The number of hydrogen-bond acceptors (Lipinski definition) is 3. The van der Waals surface area contributed by atoms with Crippen LogP contribution >= 0.6 is 11.3 Å². The quantitative estimate of drug-likeness (QED) is 0.853. The number of nitrogens with one attached hydrogen (secondary N) is 1. The minimum absolute atomic E-state index is 0.0353. The molecule has 1 aromatic rings. The Bertz CT molecular complexity index is 360. The van der Waals surface area contributed by atoms with E-state index in [1.165, 1.54) is 24.2 Å². The van der Waals surface area contributed by atoms with Gasteiger partial charge in [-0.2, -0.15) is 13.2 Å². The lowest BCUT2D eigenvalue weighted by Gasteiger charge is -2.05. The molecule has 0 radical (unpaired) electrons. The van der Waals surface area contributed by atoms with E-state index in [-0.39, 0.29) is 6.61 Å². The molecule has 1 heterocycles. The van der Waals surface area contributed by atoms with Crippen molar-refractivity contribution in [1.29, 1.82) is 0 Å². The maximum atomic E-state index is 11.8. The molecule has 0 saturated heterocycles. The van der Waals surface area contributed by atoms with Crippen LogP contribution in [0.4, 0.5) is 13.2 Å². The molecule has 1 N–H and O–H groups in total. The van der Waals surface area contributed by atoms with Gasteiger partial charge in [-0.15, -0.1) is 11.3 Å². The summed E-state index contributed by atoms with van der Waals surface area (Å²) in [5, 5.41) is 3.36. The first kappa shape index (κ1) is 12.9. The molecule has 0 amide bonds. The van der Waals surface area contributed by atoms with Gasteiger partial charge in [-0.3, -0.25) is 0 Å². The fourth-order valence-corrected chi connectivity index (χ4v) is 2.30. The Morgan fingerprint density at radius 1 is 1.29 bits per heavy atom. The highest BCUT2D eigenvalue weighted by atomic mass is 32.1. The van der Waals surface area contributed by atoms with Crippen molar-refractivity contribution in [1.82, 2.24) is 5.32 Å². The number of hydrogen-bond donors (Lipinski definition) is 1. The molecule has 1 aliphatic carbocycles. The summed E-state index contributed by atoms with van der Waals surface area (Å²) in [7, 11) is 0. The Morgan fingerprint density at radius 2 is 2.00 bits per heavy atom. The van der Waals surface area contributed by atoms with E-state index in [9.17, 15) is 13.2 Å². The molecule has 0 bridgehead atoms. The monoisotopic (exact) mass is 265 g/mol. The van der Waals surface area contributed by atoms with E-state index in [0.717, 1.165) is 16.3 Å². The highest BCUT2D eigenvalue weighted by Crippen LogP contribution is 2.22. The summed E-state index contributed by atoms with van der Waals surface area (Å²) in [5.41, 5.74) is 0. The van der Waals surface area contributed by atoms with Gasteiger partial charge in [0.15, 0.2) is 0 Å². The van der Waals surface area contributed by atoms with Crippen LogP contribution in [0.3, 0.4) is 0 Å². The largest absolute Gasteiger partial charge is 0.411 e. The van der Waals surface area contributed by atoms with E-state index < -0.39 is 12.8 Å². The summed E-state index contributed by atoms with van der Waals surface area (Å²) in [4.78, 5) is 1.98. The van der Waals surface area contributed by atoms with Crippen molar-refractivity contribution in [2.75, 3.05) is 6.61 Å². The van der Waals surface area contributed by atoms with Gasteiger partial charge in [0, 0.05) is 22.3 Å². The standard InChI is InChI=1S/C11H14F3NOS/c12-11(13,14)7-16-6-10-4-3-9(17-10)5-15-8-1-2-8/h3-4,8,15H,1-2,5-7H2. The zero-order valence-electron chi connectivity index (χ0n) is 9.22. The Balaban J connectivity index is 1.69. The molecule has 17 heavy (non-hydrogen) atoms. The second-order valence-electron chi connectivity index (χ2n) is 4.13. The van der Waals surface area contributed by atoms with Crippen LogP contribution < -0.4 is 5.32 Å². The van der Waals surface area contributed by atoms with E-state index in [1.54, 1.807) is 0 Å². The van der Waals surface area contributed by atoms with Gasteiger partial charge < -0.3 is 10.1 Å². The predicted molar refractivity (Wildman–Crippen MR) is 59.9 cm³/mol. The van der Waals surface area contributed by atoms with Crippen LogP contribution in [0.1, 0.15) is 22.6 Å². The average Bonchev–Trinajstić information content (AvgIpc) is 2.95. The molecule has 0 aromatic carbocycles. The molecule has 96 valence electrons. The Kier molecular flexibility index (Phi) is 4.06. The van der Waals surface area contributed by atoms with Crippen LogP contribution in [0.25, 0.3) is 0 Å². The Hall–Kier alpha value is -0.590. The van der Waals surface area contributed by atoms with Crippen molar-refractivity contribution >= 4 is 11.3 Å². The van der Waals surface area contributed by atoms with Crippen LogP contribution in [0, 0.1) is 0 Å². The van der Waals surface area contributed by atoms with Crippen LogP contribution in [-0.2, 0) is 17.9 Å². The molecule has 0 spiro atoms. The lowest BCUT2D eigenvalue weighted by molar-refractivity contribution is -0.176. The average molecular weight is 265 g/mol. The first-order valence-corrected chi connectivity index (χ1v) is 6.30. The van der Waals surface area contributed by atoms with Crippen molar-refractivity contribution in [2.24, 2.45) is 0 Å². The first-order valence-electron chi connectivity index (χ1n) is 5.48. The molecule has 2 rings (SSSR count). The van der Waals surface area contributed by atoms with Crippen molar-refractivity contribution < 1.29 is 17.9 Å². The fourth-order valence-electron chi connectivity index (χ4n) is 1.39. The first-order chi connectivity index (χ1) is 8.03. The number of halogens is 3. The molecule has 1 fully saturated rings. The highest BCUT2D eigenvalue weighted by Gasteiger charge is 2.27. The van der Waals surface area contributed by atoms with Crippen LogP contribution in [-0.4, -0.2) is 18.8 Å². The van der Waals surface area contributed by atoms with Gasteiger partial charge in [0.2, 0.25) is 0 Å². The van der Waals surface area contributed by atoms with Gasteiger partial charge in [-0.25, -0.2) is 0 Å². The lowest BCUT2D eigenvalue weighted by Crippen LogP contribution is -2.16. The SMILES string of the molecule is FC(F)(F)COCc1ccc(CNC2CC2)s1. The van der Waals surface area contributed by atoms with E-state index in [2.05, 4.69) is 10.1 Å². The molecule has 2 nitrogen and oxygen atoms in total. The third-order valence-electron chi connectivity index (χ3n) is 2.37. The summed E-state index contributed by atoms with van der Waals surface area (Å²) >= 11 is 1.50. The highest BCUT2D eigenvalue weighted by molar-refractivity contribution is 7.11. The van der Waals surface area contributed by atoms with Crippen molar-refractivity contribution in [3.8, 4) is 0 Å². The predicted octanol–water partition coefficient (Wildman–Crippen LogP) is 3.08. The third kappa shape index (κ3) is 5.06. The van der Waals surface area contributed by atoms with Crippen molar-refractivity contribution in [3.05, 3.63) is 21.9 Å². The van der Waals surface area contributed by atoms with Gasteiger partial charge in [0.25, 0.3) is 0 Å². The smallest absolute Gasteiger partial charge is 0.367 e. The zero-order valence-corrected chi connectivity index (χ0v) is 10.0. The summed E-state index contributed by atoms with van der Waals surface area (Å²) < 4.78 is 40.1.